The Morgan fingerprint density at radius 1 is 1.47 bits per heavy atom. The lowest BCUT2D eigenvalue weighted by Crippen LogP contribution is -2.37. The summed E-state index contributed by atoms with van der Waals surface area (Å²) in [5, 5.41) is 4.01. The molecule has 1 heterocycles. The highest BCUT2D eigenvalue weighted by Gasteiger charge is 2.24. The lowest BCUT2D eigenvalue weighted by Gasteiger charge is -2.21. The molecule has 0 amide bonds. The van der Waals surface area contributed by atoms with Gasteiger partial charge in [0.1, 0.15) is 5.82 Å². The van der Waals surface area contributed by atoms with Crippen LogP contribution in [-0.2, 0) is 0 Å². The fraction of sp³-hybridized carbons (Fsp3) is 0.538. The number of hydrogen-bond acceptors (Lipinski definition) is 2. The summed E-state index contributed by atoms with van der Waals surface area (Å²) >= 11 is 6.06. The molecule has 2 rings (SSSR count). The molecule has 2 nitrogen and oxygen atoms in total. The molecule has 1 aliphatic heterocycles. The third-order valence-electron chi connectivity index (χ3n) is 3.01. The van der Waals surface area contributed by atoms with E-state index in [1.54, 1.807) is 6.07 Å². The van der Waals surface area contributed by atoms with E-state index in [9.17, 15) is 4.39 Å². The first kappa shape index (κ1) is 12.7. The number of rotatable bonds is 3. The second-order valence-corrected chi connectivity index (χ2v) is 5.26. The highest BCUT2D eigenvalue weighted by Crippen LogP contribution is 2.29. The molecule has 94 valence electrons. The molecule has 1 N–H and O–H groups in total. The molecule has 1 fully saturated rings. The van der Waals surface area contributed by atoms with Crippen molar-refractivity contribution >= 4 is 17.3 Å². The fourth-order valence-electron chi connectivity index (χ4n) is 2.32. The van der Waals surface area contributed by atoms with E-state index in [-0.39, 0.29) is 5.82 Å². The molecular formula is C13H18ClFN2. The largest absolute Gasteiger partial charge is 0.369 e. The van der Waals surface area contributed by atoms with Crippen LogP contribution < -0.4 is 10.2 Å². The number of nitrogens with zero attached hydrogens (tertiary/aromatic N) is 1. The standard InChI is InChI=1S/C13H18ClFN2/c1-9(2)16-11-5-6-17(8-11)13-4-3-10(15)7-12(13)14/h3-4,7,9,11,16H,5-6,8H2,1-2H3. The number of nitrogens with one attached hydrogen (secondary N) is 1. The average molecular weight is 257 g/mol. The highest BCUT2D eigenvalue weighted by atomic mass is 35.5. The molecule has 1 aromatic carbocycles. The maximum atomic E-state index is 13.0. The normalized spacial score (nSPS) is 20.3. The molecule has 4 heteroatoms. The van der Waals surface area contributed by atoms with Gasteiger partial charge >= 0.3 is 0 Å². The van der Waals surface area contributed by atoms with Gasteiger partial charge in [0.15, 0.2) is 0 Å². The Labute approximate surface area is 107 Å². The lowest BCUT2D eigenvalue weighted by molar-refractivity contribution is 0.492. The van der Waals surface area contributed by atoms with Gasteiger partial charge in [0.2, 0.25) is 0 Å². The summed E-state index contributed by atoms with van der Waals surface area (Å²) in [5.41, 5.74) is 0.932. The van der Waals surface area contributed by atoms with Crippen LogP contribution in [0, 0.1) is 5.82 Å². The van der Waals surface area contributed by atoms with Gasteiger partial charge < -0.3 is 10.2 Å². The van der Waals surface area contributed by atoms with Crippen molar-refractivity contribution < 1.29 is 4.39 Å². The first-order valence-electron chi connectivity index (χ1n) is 6.02. The van der Waals surface area contributed by atoms with Crippen molar-refractivity contribution in [3.05, 3.63) is 29.0 Å². The van der Waals surface area contributed by atoms with Crippen molar-refractivity contribution in [1.82, 2.24) is 5.32 Å². The Morgan fingerprint density at radius 3 is 2.88 bits per heavy atom. The minimum atomic E-state index is -0.283. The summed E-state index contributed by atoms with van der Waals surface area (Å²) in [6.45, 7) is 6.19. The minimum Gasteiger partial charge on any atom is -0.369 e. The average Bonchev–Trinajstić information content (AvgIpc) is 2.65. The molecule has 0 aliphatic carbocycles. The van der Waals surface area contributed by atoms with Crippen LogP contribution in [0.4, 0.5) is 10.1 Å². The van der Waals surface area contributed by atoms with Crippen molar-refractivity contribution in [3.8, 4) is 0 Å². The SMILES string of the molecule is CC(C)NC1CCN(c2ccc(F)cc2Cl)C1. The highest BCUT2D eigenvalue weighted by molar-refractivity contribution is 6.33. The Balaban J connectivity index is 2.05. The summed E-state index contributed by atoms with van der Waals surface area (Å²) in [6, 6.07) is 5.58. The van der Waals surface area contributed by atoms with Crippen molar-refractivity contribution in [2.75, 3.05) is 18.0 Å². The number of anilines is 1. The van der Waals surface area contributed by atoms with Crippen LogP contribution in [-0.4, -0.2) is 25.2 Å². The van der Waals surface area contributed by atoms with E-state index >= 15 is 0 Å². The summed E-state index contributed by atoms with van der Waals surface area (Å²) in [6.07, 6.45) is 1.10. The first-order valence-corrected chi connectivity index (χ1v) is 6.40. The summed E-state index contributed by atoms with van der Waals surface area (Å²) in [7, 11) is 0. The third kappa shape index (κ3) is 3.11. The second-order valence-electron chi connectivity index (χ2n) is 4.85. The first-order chi connectivity index (χ1) is 8.06. The van der Waals surface area contributed by atoms with Gasteiger partial charge in [0.25, 0.3) is 0 Å². The second kappa shape index (κ2) is 5.23. The van der Waals surface area contributed by atoms with Gasteiger partial charge in [-0.1, -0.05) is 25.4 Å². The van der Waals surface area contributed by atoms with Gasteiger partial charge in [-0.15, -0.1) is 0 Å². The van der Waals surface area contributed by atoms with Crippen molar-refractivity contribution in [2.24, 2.45) is 0 Å². The predicted molar refractivity (Wildman–Crippen MR) is 70.3 cm³/mol. The quantitative estimate of drug-likeness (QED) is 0.894. The molecular weight excluding hydrogens is 239 g/mol. The van der Waals surface area contributed by atoms with Crippen LogP contribution >= 0.6 is 11.6 Å². The number of halogens is 2. The fourth-order valence-corrected chi connectivity index (χ4v) is 2.61. The van der Waals surface area contributed by atoms with Gasteiger partial charge in [-0.3, -0.25) is 0 Å². The molecule has 0 saturated carbocycles. The molecule has 1 atom stereocenters. The van der Waals surface area contributed by atoms with E-state index in [0.29, 0.717) is 17.1 Å². The van der Waals surface area contributed by atoms with E-state index in [0.717, 1.165) is 25.2 Å². The zero-order chi connectivity index (χ0) is 12.4. The molecule has 1 aliphatic rings. The zero-order valence-electron chi connectivity index (χ0n) is 10.2. The van der Waals surface area contributed by atoms with Gasteiger partial charge in [-0.05, 0) is 24.6 Å². The molecule has 0 bridgehead atoms. The van der Waals surface area contributed by atoms with Crippen molar-refractivity contribution in [1.29, 1.82) is 0 Å². The van der Waals surface area contributed by atoms with Gasteiger partial charge in [-0.2, -0.15) is 0 Å². The molecule has 0 aromatic heterocycles. The van der Waals surface area contributed by atoms with Crippen molar-refractivity contribution in [2.45, 2.75) is 32.4 Å². The minimum absolute atomic E-state index is 0.283. The van der Waals surface area contributed by atoms with Gasteiger partial charge in [0.05, 0.1) is 10.7 Å². The number of benzene rings is 1. The van der Waals surface area contributed by atoms with E-state index in [2.05, 4.69) is 24.1 Å². The lowest BCUT2D eigenvalue weighted by atomic mass is 10.2. The van der Waals surface area contributed by atoms with E-state index in [1.165, 1.54) is 12.1 Å². The van der Waals surface area contributed by atoms with Gasteiger partial charge in [0, 0.05) is 25.2 Å². The molecule has 1 saturated heterocycles. The van der Waals surface area contributed by atoms with Crippen LogP contribution in [0.5, 0.6) is 0 Å². The van der Waals surface area contributed by atoms with Crippen LogP contribution in [0.15, 0.2) is 18.2 Å². The topological polar surface area (TPSA) is 15.3 Å². The monoisotopic (exact) mass is 256 g/mol. The third-order valence-corrected chi connectivity index (χ3v) is 3.31. The molecule has 1 unspecified atom stereocenters. The maximum absolute atomic E-state index is 13.0. The summed E-state index contributed by atoms with van der Waals surface area (Å²) in [4.78, 5) is 2.21. The maximum Gasteiger partial charge on any atom is 0.124 e. The number of hydrogen-bond donors (Lipinski definition) is 1. The van der Waals surface area contributed by atoms with E-state index < -0.39 is 0 Å². The van der Waals surface area contributed by atoms with Crippen LogP contribution in [0.2, 0.25) is 5.02 Å². The summed E-state index contributed by atoms with van der Waals surface area (Å²) in [5.74, 6) is -0.283. The predicted octanol–water partition coefficient (Wildman–Crippen LogP) is 3.06. The van der Waals surface area contributed by atoms with Crippen LogP contribution in [0.25, 0.3) is 0 Å². The van der Waals surface area contributed by atoms with Crippen LogP contribution in [0.1, 0.15) is 20.3 Å². The molecule has 1 aromatic rings. The Kier molecular flexibility index (Phi) is 3.89. The molecule has 17 heavy (non-hydrogen) atoms. The van der Waals surface area contributed by atoms with E-state index in [1.807, 2.05) is 0 Å². The molecule has 0 radical (unpaired) electrons. The Morgan fingerprint density at radius 2 is 2.24 bits per heavy atom. The molecule has 0 spiro atoms. The van der Waals surface area contributed by atoms with Crippen molar-refractivity contribution in [3.63, 3.8) is 0 Å². The van der Waals surface area contributed by atoms with Gasteiger partial charge in [-0.25, -0.2) is 4.39 Å². The summed E-state index contributed by atoms with van der Waals surface area (Å²) < 4.78 is 13.0. The van der Waals surface area contributed by atoms with Crippen LogP contribution in [0.3, 0.4) is 0 Å². The van der Waals surface area contributed by atoms with E-state index in [4.69, 9.17) is 11.6 Å². The zero-order valence-corrected chi connectivity index (χ0v) is 11.0. The Bertz CT molecular complexity index is 395. The Hall–Kier alpha value is -0.800. The smallest absolute Gasteiger partial charge is 0.124 e.